The van der Waals surface area contributed by atoms with E-state index >= 15 is 0 Å². The zero-order valence-electron chi connectivity index (χ0n) is 21.6. The number of para-hydroxylation sites is 1. The lowest BCUT2D eigenvalue weighted by Gasteiger charge is -2.28. The van der Waals surface area contributed by atoms with Crippen LogP contribution in [0.3, 0.4) is 0 Å². The lowest BCUT2D eigenvalue weighted by molar-refractivity contribution is 0.214. The Kier molecular flexibility index (Phi) is 8.63. The summed E-state index contributed by atoms with van der Waals surface area (Å²) in [5.74, 6) is 0.503. The van der Waals surface area contributed by atoms with Crippen molar-refractivity contribution < 1.29 is 13.6 Å². The maximum atomic E-state index is 13.7. The highest BCUT2D eigenvalue weighted by Crippen LogP contribution is 2.60. The van der Waals surface area contributed by atoms with E-state index in [2.05, 4.69) is 54.1 Å². The molecule has 0 aliphatic heterocycles. The van der Waals surface area contributed by atoms with Crippen molar-refractivity contribution in [1.29, 1.82) is 0 Å². The number of fused-ring (bicyclic) bond motifs is 1. The van der Waals surface area contributed by atoms with E-state index in [1.807, 2.05) is 56.3 Å². The Morgan fingerprint density at radius 1 is 0.917 bits per heavy atom. The predicted octanol–water partition coefficient (Wildman–Crippen LogP) is 7.72. The minimum atomic E-state index is -3.45. The quantitative estimate of drug-likeness (QED) is 0.200. The van der Waals surface area contributed by atoms with Crippen LogP contribution in [0, 0.1) is 6.92 Å². The van der Waals surface area contributed by atoms with Crippen LogP contribution < -0.4 is 5.32 Å². The average Bonchev–Trinajstić information content (AvgIpc) is 3.23. The summed E-state index contributed by atoms with van der Waals surface area (Å²) < 4.78 is 27.4. The number of nitrogens with one attached hydrogen (secondary N) is 1. The van der Waals surface area contributed by atoms with Crippen molar-refractivity contribution in [3.63, 3.8) is 0 Å². The Bertz CT molecular complexity index is 1310. The molecule has 0 saturated carbocycles. The second kappa shape index (κ2) is 11.9. The number of anilines is 1. The second-order valence-corrected chi connectivity index (χ2v) is 10.9. The Hall–Kier alpha value is -2.92. The zero-order chi connectivity index (χ0) is 25.5. The lowest BCUT2D eigenvalue weighted by Crippen LogP contribution is -2.15. The molecule has 1 unspecified atom stereocenters. The Labute approximate surface area is 214 Å². The number of imidazole rings is 1. The SMILES string of the molecule is CCCc1nc2c(C)cccc2n1Cc1ccc(NC(c2ccccc2)P(=O)(OCC)OCC)cc1. The van der Waals surface area contributed by atoms with Gasteiger partial charge in [-0.2, -0.15) is 0 Å². The fourth-order valence-corrected chi connectivity index (χ4v) is 6.44. The van der Waals surface area contributed by atoms with Crippen molar-refractivity contribution >= 4 is 24.3 Å². The van der Waals surface area contributed by atoms with Gasteiger partial charge in [0.05, 0.1) is 24.2 Å². The molecule has 0 aliphatic rings. The molecule has 1 aromatic heterocycles. The van der Waals surface area contributed by atoms with Gasteiger partial charge >= 0.3 is 7.60 Å². The molecule has 6 nitrogen and oxygen atoms in total. The normalized spacial score (nSPS) is 12.7. The number of nitrogens with zero attached hydrogens (tertiary/aromatic N) is 2. The summed E-state index contributed by atoms with van der Waals surface area (Å²) in [6, 6.07) is 24.3. The molecule has 0 radical (unpaired) electrons. The van der Waals surface area contributed by atoms with Crippen molar-refractivity contribution in [2.75, 3.05) is 18.5 Å². The van der Waals surface area contributed by atoms with Gasteiger partial charge in [0.15, 0.2) is 5.78 Å². The van der Waals surface area contributed by atoms with Gasteiger partial charge in [-0.25, -0.2) is 4.98 Å². The van der Waals surface area contributed by atoms with Gasteiger partial charge in [0.2, 0.25) is 0 Å². The molecule has 0 saturated heterocycles. The van der Waals surface area contributed by atoms with E-state index in [4.69, 9.17) is 14.0 Å². The van der Waals surface area contributed by atoms with Crippen LogP contribution in [0.5, 0.6) is 0 Å². The van der Waals surface area contributed by atoms with Gasteiger partial charge in [-0.3, -0.25) is 4.57 Å². The first-order valence-electron chi connectivity index (χ1n) is 12.7. The first-order chi connectivity index (χ1) is 17.5. The molecule has 1 N–H and O–H groups in total. The summed E-state index contributed by atoms with van der Waals surface area (Å²) in [6.07, 6.45) is 1.99. The number of hydrogen-bond acceptors (Lipinski definition) is 5. The molecular weight excluding hydrogens is 469 g/mol. The van der Waals surface area contributed by atoms with Crippen LogP contribution in [0.15, 0.2) is 72.8 Å². The lowest BCUT2D eigenvalue weighted by atomic mass is 10.1. The van der Waals surface area contributed by atoms with Crippen LogP contribution in [-0.2, 0) is 26.6 Å². The number of aromatic nitrogens is 2. The highest BCUT2D eigenvalue weighted by Gasteiger charge is 2.37. The van der Waals surface area contributed by atoms with Crippen molar-refractivity contribution in [1.82, 2.24) is 9.55 Å². The standard InChI is InChI=1S/C29H36N3O3P/c1-5-12-27-31-28-22(4)13-11-16-26(28)32(27)21-23-17-19-25(20-18-23)30-29(24-14-9-8-10-15-24)36(33,34-6-2)35-7-3/h8-11,13-20,29-30H,5-7,12,21H2,1-4H3. The van der Waals surface area contributed by atoms with E-state index in [0.29, 0.717) is 13.2 Å². The van der Waals surface area contributed by atoms with Gasteiger partial charge < -0.3 is 18.9 Å². The maximum absolute atomic E-state index is 13.7. The smallest absolute Gasteiger partial charge is 0.357 e. The molecule has 0 bridgehead atoms. The van der Waals surface area contributed by atoms with E-state index in [-0.39, 0.29) is 0 Å². The number of aryl methyl sites for hydroxylation is 2. The first kappa shape index (κ1) is 26.2. The van der Waals surface area contributed by atoms with Gasteiger partial charge in [0, 0.05) is 18.7 Å². The molecule has 190 valence electrons. The molecule has 1 atom stereocenters. The molecule has 1 heterocycles. The number of benzene rings is 3. The van der Waals surface area contributed by atoms with Crippen molar-refractivity contribution in [3.05, 3.63) is 95.3 Å². The summed E-state index contributed by atoms with van der Waals surface area (Å²) in [4.78, 5) is 4.94. The molecule has 7 heteroatoms. The van der Waals surface area contributed by atoms with E-state index in [9.17, 15) is 4.57 Å². The highest BCUT2D eigenvalue weighted by atomic mass is 31.2. The van der Waals surface area contributed by atoms with Crippen molar-refractivity contribution in [2.24, 2.45) is 0 Å². The molecule has 0 spiro atoms. The van der Waals surface area contributed by atoms with Crippen LogP contribution >= 0.6 is 7.60 Å². The largest absolute Gasteiger partial charge is 0.368 e. The number of rotatable bonds is 12. The second-order valence-electron chi connectivity index (χ2n) is 8.84. The van der Waals surface area contributed by atoms with Gasteiger partial charge in [-0.15, -0.1) is 0 Å². The van der Waals surface area contributed by atoms with Crippen molar-refractivity contribution in [3.8, 4) is 0 Å². The summed E-state index contributed by atoms with van der Waals surface area (Å²) in [5.41, 5.74) is 6.33. The third-order valence-corrected chi connectivity index (χ3v) is 8.48. The van der Waals surface area contributed by atoms with Gasteiger partial charge in [-0.1, -0.05) is 61.5 Å². The molecular formula is C29H36N3O3P. The molecule has 4 rings (SSSR count). The Morgan fingerprint density at radius 3 is 2.25 bits per heavy atom. The Balaban J connectivity index is 1.61. The van der Waals surface area contributed by atoms with Gasteiger partial charge in [-0.05, 0) is 62.1 Å². The summed E-state index contributed by atoms with van der Waals surface area (Å²) in [6.45, 7) is 9.31. The van der Waals surface area contributed by atoms with E-state index in [1.54, 1.807) is 0 Å². The van der Waals surface area contributed by atoms with Crippen LogP contribution in [0.2, 0.25) is 0 Å². The zero-order valence-corrected chi connectivity index (χ0v) is 22.5. The topological polar surface area (TPSA) is 65.4 Å². The monoisotopic (exact) mass is 505 g/mol. The molecule has 4 aromatic rings. The minimum Gasteiger partial charge on any atom is -0.368 e. The van der Waals surface area contributed by atoms with Crippen LogP contribution in [0.1, 0.15) is 55.5 Å². The van der Waals surface area contributed by atoms with E-state index in [1.165, 1.54) is 16.6 Å². The summed E-state index contributed by atoms with van der Waals surface area (Å²) >= 11 is 0. The molecule has 0 amide bonds. The average molecular weight is 506 g/mol. The Morgan fingerprint density at radius 2 is 1.61 bits per heavy atom. The first-order valence-corrected chi connectivity index (χ1v) is 14.3. The highest BCUT2D eigenvalue weighted by molar-refractivity contribution is 7.54. The summed E-state index contributed by atoms with van der Waals surface area (Å²) in [5, 5.41) is 3.43. The van der Waals surface area contributed by atoms with E-state index in [0.717, 1.165) is 42.0 Å². The third-order valence-electron chi connectivity index (χ3n) is 6.18. The minimum absolute atomic E-state index is 0.305. The summed E-state index contributed by atoms with van der Waals surface area (Å²) in [7, 11) is -3.45. The predicted molar refractivity (Wildman–Crippen MR) is 148 cm³/mol. The fraction of sp³-hybridized carbons (Fsp3) is 0.345. The molecule has 0 aliphatic carbocycles. The maximum Gasteiger partial charge on any atom is 0.357 e. The molecule has 3 aromatic carbocycles. The van der Waals surface area contributed by atoms with Gasteiger partial charge in [0.25, 0.3) is 0 Å². The third kappa shape index (κ3) is 5.73. The fourth-order valence-electron chi connectivity index (χ4n) is 4.50. The van der Waals surface area contributed by atoms with E-state index < -0.39 is 13.4 Å². The van der Waals surface area contributed by atoms with Gasteiger partial charge in [0.1, 0.15) is 5.82 Å². The number of hydrogen-bond donors (Lipinski definition) is 1. The molecule has 36 heavy (non-hydrogen) atoms. The van der Waals surface area contributed by atoms with Crippen LogP contribution in [0.25, 0.3) is 11.0 Å². The van der Waals surface area contributed by atoms with Crippen LogP contribution in [0.4, 0.5) is 5.69 Å². The van der Waals surface area contributed by atoms with Crippen LogP contribution in [-0.4, -0.2) is 22.8 Å². The molecule has 0 fully saturated rings. The van der Waals surface area contributed by atoms with Crippen molar-refractivity contribution in [2.45, 2.75) is 52.9 Å².